The van der Waals surface area contributed by atoms with Gasteiger partial charge in [0.15, 0.2) is 0 Å². The smallest absolute Gasteiger partial charge is 0.128 e. The number of pyridine rings is 1. The third-order valence-corrected chi connectivity index (χ3v) is 6.46. The molecular formula is C22H30ClN3S. The quantitative estimate of drug-likeness (QED) is 0.651. The molecule has 0 amide bonds. The van der Waals surface area contributed by atoms with Crippen LogP contribution in [0.3, 0.4) is 0 Å². The summed E-state index contributed by atoms with van der Waals surface area (Å²) in [7, 11) is 0. The van der Waals surface area contributed by atoms with Crippen molar-refractivity contribution in [3.63, 3.8) is 0 Å². The number of piperidine rings is 1. The Bertz CT molecular complexity index is 725. The van der Waals surface area contributed by atoms with Crippen LogP contribution in [0, 0.1) is 13.8 Å². The Labute approximate surface area is 173 Å². The zero-order valence-electron chi connectivity index (χ0n) is 16.5. The number of nitrogens with zero attached hydrogens (tertiary/aromatic N) is 3. The molecule has 0 unspecified atom stereocenters. The first-order chi connectivity index (χ1) is 13.1. The average molecular weight is 404 g/mol. The van der Waals surface area contributed by atoms with Gasteiger partial charge in [0.05, 0.1) is 0 Å². The van der Waals surface area contributed by atoms with Crippen molar-refractivity contribution in [2.24, 2.45) is 0 Å². The van der Waals surface area contributed by atoms with Crippen LogP contribution < -0.4 is 9.80 Å². The molecule has 4 rings (SSSR count). The topological polar surface area (TPSA) is 19.4 Å². The van der Waals surface area contributed by atoms with Gasteiger partial charge >= 0.3 is 0 Å². The van der Waals surface area contributed by atoms with Crippen LogP contribution >= 0.6 is 23.4 Å². The number of hydrogen-bond donors (Lipinski definition) is 0. The van der Waals surface area contributed by atoms with Crippen LogP contribution in [0.1, 0.15) is 30.4 Å². The van der Waals surface area contributed by atoms with E-state index in [1.54, 1.807) is 0 Å². The minimum Gasteiger partial charge on any atom is -0.371 e. The fourth-order valence-corrected chi connectivity index (χ4v) is 4.49. The minimum atomic E-state index is 0.882. The summed E-state index contributed by atoms with van der Waals surface area (Å²) in [4.78, 5) is 9.17. The fraction of sp³-hybridized carbons (Fsp3) is 0.500. The molecule has 1 aromatic carbocycles. The van der Waals surface area contributed by atoms with E-state index in [1.807, 2.05) is 30.9 Å². The highest BCUT2D eigenvalue weighted by Crippen LogP contribution is 2.25. The lowest BCUT2D eigenvalue weighted by molar-refractivity contribution is 0.578. The van der Waals surface area contributed by atoms with Gasteiger partial charge in [0.2, 0.25) is 0 Å². The van der Waals surface area contributed by atoms with Crippen molar-refractivity contribution in [2.45, 2.75) is 33.1 Å². The Morgan fingerprint density at radius 3 is 2.30 bits per heavy atom. The first-order valence-corrected chi connectivity index (χ1v) is 11.4. The van der Waals surface area contributed by atoms with E-state index < -0.39 is 0 Å². The average Bonchev–Trinajstić information content (AvgIpc) is 2.72. The second-order valence-corrected chi connectivity index (χ2v) is 8.90. The number of halogens is 1. The predicted molar refractivity (Wildman–Crippen MR) is 121 cm³/mol. The number of aryl methyl sites for hydroxylation is 2. The van der Waals surface area contributed by atoms with Gasteiger partial charge in [0.1, 0.15) is 5.82 Å². The summed E-state index contributed by atoms with van der Waals surface area (Å²) < 4.78 is 0. The number of rotatable bonds is 2. The lowest BCUT2D eigenvalue weighted by Crippen LogP contribution is -2.33. The number of hydrogen-bond acceptors (Lipinski definition) is 4. The molecule has 146 valence electrons. The Kier molecular flexibility index (Phi) is 7.71. The van der Waals surface area contributed by atoms with E-state index in [1.165, 1.54) is 55.1 Å². The van der Waals surface area contributed by atoms with Crippen molar-refractivity contribution in [2.75, 3.05) is 47.5 Å². The van der Waals surface area contributed by atoms with Crippen LogP contribution in [0.5, 0.6) is 0 Å². The maximum absolute atomic E-state index is 6.11. The van der Waals surface area contributed by atoms with Crippen molar-refractivity contribution in [1.82, 2.24) is 4.98 Å². The molecule has 0 aliphatic carbocycles. The maximum atomic E-state index is 6.11. The van der Waals surface area contributed by atoms with Gasteiger partial charge in [-0.05, 0) is 68.5 Å². The predicted octanol–water partition coefficient (Wildman–Crippen LogP) is 5.58. The van der Waals surface area contributed by atoms with Crippen LogP contribution in [0.2, 0.25) is 5.02 Å². The number of benzene rings is 1. The first-order valence-electron chi connectivity index (χ1n) is 9.90. The van der Waals surface area contributed by atoms with E-state index in [0.29, 0.717) is 0 Å². The third-order valence-electron chi connectivity index (χ3n) is 5.11. The summed E-state index contributed by atoms with van der Waals surface area (Å²) in [5.74, 6) is 3.60. The van der Waals surface area contributed by atoms with Crippen LogP contribution in [0.4, 0.5) is 11.5 Å². The molecule has 3 heterocycles. The summed E-state index contributed by atoms with van der Waals surface area (Å²) in [5.41, 5.74) is 3.73. The van der Waals surface area contributed by atoms with Gasteiger partial charge in [-0.1, -0.05) is 17.7 Å². The van der Waals surface area contributed by atoms with Crippen molar-refractivity contribution in [3.05, 3.63) is 52.7 Å². The highest BCUT2D eigenvalue weighted by molar-refractivity contribution is 7.99. The van der Waals surface area contributed by atoms with Crippen LogP contribution in [-0.4, -0.2) is 42.7 Å². The summed E-state index contributed by atoms with van der Waals surface area (Å²) in [6, 6.07) is 10.6. The van der Waals surface area contributed by atoms with E-state index >= 15 is 0 Å². The molecule has 27 heavy (non-hydrogen) atoms. The zero-order valence-corrected chi connectivity index (χ0v) is 18.0. The number of anilines is 2. The van der Waals surface area contributed by atoms with Gasteiger partial charge < -0.3 is 9.80 Å². The van der Waals surface area contributed by atoms with Gasteiger partial charge in [-0.2, -0.15) is 11.8 Å². The molecule has 0 spiro atoms. The van der Waals surface area contributed by atoms with Crippen molar-refractivity contribution >= 4 is 34.9 Å². The maximum Gasteiger partial charge on any atom is 0.128 e. The van der Waals surface area contributed by atoms with Gasteiger partial charge in [0.25, 0.3) is 0 Å². The van der Waals surface area contributed by atoms with Crippen LogP contribution in [0.25, 0.3) is 0 Å². The van der Waals surface area contributed by atoms with Gasteiger partial charge in [0, 0.05) is 54.6 Å². The molecule has 1 aromatic heterocycles. The molecule has 2 saturated heterocycles. The molecule has 5 heteroatoms. The van der Waals surface area contributed by atoms with E-state index in [2.05, 4.69) is 46.0 Å². The summed E-state index contributed by atoms with van der Waals surface area (Å²) >= 11 is 8.13. The second-order valence-electron chi connectivity index (χ2n) is 7.27. The highest BCUT2D eigenvalue weighted by Gasteiger charge is 2.12. The minimum absolute atomic E-state index is 0.882. The molecule has 2 aliphatic rings. The van der Waals surface area contributed by atoms with Gasteiger partial charge in [-0.3, -0.25) is 0 Å². The normalized spacial score (nSPS) is 17.3. The molecule has 3 nitrogen and oxygen atoms in total. The summed E-state index contributed by atoms with van der Waals surface area (Å²) in [5, 5.41) is 0.882. The lowest BCUT2D eigenvalue weighted by Gasteiger charge is -2.29. The molecule has 0 bridgehead atoms. The molecule has 0 radical (unpaired) electrons. The van der Waals surface area contributed by atoms with Crippen molar-refractivity contribution < 1.29 is 0 Å². The number of thioether (sulfide) groups is 1. The largest absolute Gasteiger partial charge is 0.371 e. The van der Waals surface area contributed by atoms with Crippen molar-refractivity contribution in [3.8, 4) is 0 Å². The van der Waals surface area contributed by atoms with Crippen molar-refractivity contribution in [1.29, 1.82) is 0 Å². The Hall–Kier alpha value is -1.39. The molecule has 2 fully saturated rings. The monoisotopic (exact) mass is 403 g/mol. The van der Waals surface area contributed by atoms with E-state index in [-0.39, 0.29) is 0 Å². The second kappa shape index (κ2) is 10.2. The first kappa shape index (κ1) is 20.3. The molecule has 2 aliphatic heterocycles. The Morgan fingerprint density at radius 2 is 1.63 bits per heavy atom. The van der Waals surface area contributed by atoms with Gasteiger partial charge in [-0.25, -0.2) is 4.98 Å². The van der Waals surface area contributed by atoms with Crippen LogP contribution in [-0.2, 0) is 0 Å². The van der Waals surface area contributed by atoms with E-state index in [4.69, 9.17) is 11.6 Å². The van der Waals surface area contributed by atoms with Gasteiger partial charge in [-0.15, -0.1) is 0 Å². The standard InChI is InChI=1S/C12H16ClN.C10H14N2S/c1-10-5-6-11(9-12(10)13)14-7-3-2-4-8-14;1-9-2-3-11-10(8-9)12-4-6-13-7-5-12/h5-6,9H,2-4,7-8H2,1H3;2-3,8H,4-7H2,1H3. The third kappa shape index (κ3) is 6.05. The lowest BCUT2D eigenvalue weighted by atomic mass is 10.1. The Balaban J connectivity index is 0.000000156. The van der Waals surface area contributed by atoms with E-state index in [9.17, 15) is 0 Å². The zero-order chi connectivity index (χ0) is 19.1. The van der Waals surface area contributed by atoms with Crippen LogP contribution in [0.15, 0.2) is 36.5 Å². The SMILES string of the molecule is Cc1ccc(N2CCCCC2)cc1Cl.Cc1ccnc(N2CCSCC2)c1. The molecule has 2 aromatic rings. The molecule has 0 atom stereocenters. The summed E-state index contributed by atoms with van der Waals surface area (Å²) in [6.45, 7) is 8.80. The molecule has 0 saturated carbocycles. The Morgan fingerprint density at radius 1 is 0.889 bits per heavy atom. The molecular weight excluding hydrogens is 374 g/mol. The number of aromatic nitrogens is 1. The fourth-order valence-electron chi connectivity index (χ4n) is 3.42. The molecule has 0 N–H and O–H groups in total. The van der Waals surface area contributed by atoms with E-state index in [0.717, 1.165) is 29.5 Å². The highest BCUT2D eigenvalue weighted by atomic mass is 35.5. The summed E-state index contributed by atoms with van der Waals surface area (Å²) in [6.07, 6.45) is 5.89.